The van der Waals surface area contributed by atoms with Gasteiger partial charge in [-0.15, -0.1) is 0 Å². The smallest absolute Gasteiger partial charge is 0.178 e. The highest BCUT2D eigenvalue weighted by Crippen LogP contribution is 2.22. The molecular formula is C13H16ClN3S. The number of hydrogen-bond acceptors (Lipinski definition) is 2. The fraction of sp³-hybridized carbons (Fsp3) is 0.462. The van der Waals surface area contributed by atoms with Gasteiger partial charge in [0.05, 0.1) is 11.0 Å². The van der Waals surface area contributed by atoms with Crippen LogP contribution in [0, 0.1) is 10.7 Å². The Kier molecular flexibility index (Phi) is 3.18. The molecule has 0 radical (unpaired) electrons. The number of nitrogens with one attached hydrogen (secondary N) is 1. The Bertz CT molecular complexity index is 631. The van der Waals surface area contributed by atoms with E-state index in [1.54, 1.807) is 0 Å². The second kappa shape index (κ2) is 4.68. The van der Waals surface area contributed by atoms with Gasteiger partial charge in [0, 0.05) is 18.1 Å². The van der Waals surface area contributed by atoms with Crippen LogP contribution < -0.4 is 0 Å². The molecule has 2 aromatic rings. The topological polar surface area (TPSA) is 24.0 Å². The zero-order valence-corrected chi connectivity index (χ0v) is 11.9. The summed E-state index contributed by atoms with van der Waals surface area (Å²) in [5.41, 5.74) is 2.18. The van der Waals surface area contributed by atoms with Gasteiger partial charge in [0.1, 0.15) is 0 Å². The fourth-order valence-electron chi connectivity index (χ4n) is 2.75. The van der Waals surface area contributed by atoms with Crippen molar-refractivity contribution >= 4 is 34.9 Å². The van der Waals surface area contributed by atoms with E-state index in [9.17, 15) is 0 Å². The number of nitrogens with zero attached hydrogens (tertiary/aromatic N) is 2. The minimum atomic E-state index is 0.691. The highest BCUT2D eigenvalue weighted by molar-refractivity contribution is 7.71. The largest absolute Gasteiger partial charge is 0.331 e. The van der Waals surface area contributed by atoms with Crippen molar-refractivity contribution in [2.24, 2.45) is 5.92 Å². The predicted molar refractivity (Wildman–Crippen MR) is 77.7 cm³/mol. The molecule has 0 amide bonds. The first-order valence-electron chi connectivity index (χ1n) is 6.20. The lowest BCUT2D eigenvalue weighted by Crippen LogP contribution is -2.17. The SMILES string of the molecule is CN1CCC(Cn2c(=S)[nH]c3cc(Cl)ccc32)C1. The summed E-state index contributed by atoms with van der Waals surface area (Å²) in [5, 5.41) is 0.742. The molecule has 1 aliphatic rings. The molecule has 1 fully saturated rings. The molecule has 5 heteroatoms. The van der Waals surface area contributed by atoms with Crippen LogP contribution in [0.25, 0.3) is 11.0 Å². The number of aromatic nitrogens is 2. The van der Waals surface area contributed by atoms with Crippen LogP contribution in [0.5, 0.6) is 0 Å². The average Bonchev–Trinajstić information content (AvgIpc) is 2.84. The van der Waals surface area contributed by atoms with Crippen LogP contribution >= 0.6 is 23.8 Å². The van der Waals surface area contributed by atoms with Crippen molar-refractivity contribution in [1.29, 1.82) is 0 Å². The molecule has 1 atom stereocenters. The number of hydrogen-bond donors (Lipinski definition) is 1. The lowest BCUT2D eigenvalue weighted by atomic mass is 10.1. The third kappa shape index (κ3) is 2.20. The first-order chi connectivity index (χ1) is 8.63. The van der Waals surface area contributed by atoms with Crippen LogP contribution in [0.3, 0.4) is 0 Å². The van der Waals surface area contributed by atoms with Crippen molar-refractivity contribution in [2.75, 3.05) is 20.1 Å². The van der Waals surface area contributed by atoms with Gasteiger partial charge in [-0.3, -0.25) is 0 Å². The maximum atomic E-state index is 6.00. The van der Waals surface area contributed by atoms with Crippen LogP contribution in [0.15, 0.2) is 18.2 Å². The second-order valence-electron chi connectivity index (χ2n) is 5.12. The molecule has 3 rings (SSSR count). The molecule has 0 saturated carbocycles. The summed E-state index contributed by atoms with van der Waals surface area (Å²) < 4.78 is 2.99. The molecule has 3 nitrogen and oxygen atoms in total. The van der Waals surface area contributed by atoms with Crippen LogP contribution in [0.4, 0.5) is 0 Å². The van der Waals surface area contributed by atoms with E-state index in [4.69, 9.17) is 23.8 Å². The number of imidazole rings is 1. The van der Waals surface area contributed by atoms with E-state index in [-0.39, 0.29) is 0 Å². The third-order valence-electron chi connectivity index (χ3n) is 3.67. The summed E-state index contributed by atoms with van der Waals surface area (Å²) >= 11 is 11.4. The number of H-pyrrole nitrogens is 1. The first-order valence-corrected chi connectivity index (χ1v) is 6.99. The zero-order valence-electron chi connectivity index (χ0n) is 10.3. The van der Waals surface area contributed by atoms with Gasteiger partial charge >= 0.3 is 0 Å². The van der Waals surface area contributed by atoms with Gasteiger partial charge in [-0.25, -0.2) is 0 Å². The summed E-state index contributed by atoms with van der Waals surface area (Å²) in [7, 11) is 2.17. The summed E-state index contributed by atoms with van der Waals surface area (Å²) in [6, 6.07) is 5.90. The Balaban J connectivity index is 1.96. The van der Waals surface area contributed by atoms with Gasteiger partial charge in [-0.2, -0.15) is 0 Å². The van der Waals surface area contributed by atoms with Crippen LogP contribution in [0.2, 0.25) is 5.02 Å². The summed E-state index contributed by atoms with van der Waals surface area (Å²) in [4.78, 5) is 5.61. The maximum absolute atomic E-state index is 6.00. The molecule has 1 aliphatic heterocycles. The molecule has 0 spiro atoms. The van der Waals surface area contributed by atoms with Crippen LogP contribution in [0.1, 0.15) is 6.42 Å². The van der Waals surface area contributed by atoms with E-state index < -0.39 is 0 Å². The Morgan fingerprint density at radius 1 is 1.50 bits per heavy atom. The molecule has 2 heterocycles. The van der Waals surface area contributed by atoms with Gasteiger partial charge in [-0.1, -0.05) is 11.6 Å². The molecule has 1 saturated heterocycles. The van der Waals surface area contributed by atoms with Gasteiger partial charge < -0.3 is 14.5 Å². The maximum Gasteiger partial charge on any atom is 0.178 e. The lowest BCUT2D eigenvalue weighted by Gasteiger charge is -2.12. The van der Waals surface area contributed by atoms with Gasteiger partial charge in [-0.05, 0) is 56.3 Å². The number of likely N-dealkylation sites (tertiary alicyclic amines) is 1. The van der Waals surface area contributed by atoms with E-state index >= 15 is 0 Å². The fourth-order valence-corrected chi connectivity index (χ4v) is 3.21. The molecule has 1 aromatic heterocycles. The standard InChI is InChI=1S/C13H16ClN3S/c1-16-5-4-9(7-16)8-17-12-3-2-10(14)6-11(12)15-13(17)18/h2-3,6,9H,4-5,7-8H2,1H3,(H,15,18). The Labute approximate surface area is 116 Å². The average molecular weight is 282 g/mol. The van der Waals surface area contributed by atoms with E-state index in [0.717, 1.165) is 33.9 Å². The van der Waals surface area contributed by atoms with E-state index in [0.29, 0.717) is 5.92 Å². The van der Waals surface area contributed by atoms with E-state index in [1.807, 2.05) is 18.2 Å². The van der Waals surface area contributed by atoms with Crippen molar-refractivity contribution in [3.8, 4) is 0 Å². The molecule has 18 heavy (non-hydrogen) atoms. The quantitative estimate of drug-likeness (QED) is 0.854. The van der Waals surface area contributed by atoms with Gasteiger partial charge in [0.25, 0.3) is 0 Å². The highest BCUT2D eigenvalue weighted by Gasteiger charge is 2.20. The minimum Gasteiger partial charge on any atom is -0.331 e. The molecule has 96 valence electrons. The van der Waals surface area contributed by atoms with Crippen molar-refractivity contribution in [1.82, 2.24) is 14.5 Å². The molecule has 0 aliphatic carbocycles. The molecule has 1 N–H and O–H groups in total. The van der Waals surface area contributed by atoms with Gasteiger partial charge in [0.15, 0.2) is 4.77 Å². The normalized spacial score (nSPS) is 20.9. The lowest BCUT2D eigenvalue weighted by molar-refractivity contribution is 0.379. The number of fused-ring (bicyclic) bond motifs is 1. The van der Waals surface area contributed by atoms with Crippen molar-refractivity contribution in [3.63, 3.8) is 0 Å². The summed E-state index contributed by atoms with van der Waals surface area (Å²) in [6.45, 7) is 3.33. The zero-order chi connectivity index (χ0) is 12.7. The van der Waals surface area contributed by atoms with Gasteiger partial charge in [0.2, 0.25) is 0 Å². The minimum absolute atomic E-state index is 0.691. The molecule has 1 unspecified atom stereocenters. The van der Waals surface area contributed by atoms with Crippen molar-refractivity contribution < 1.29 is 0 Å². The van der Waals surface area contributed by atoms with E-state index in [2.05, 4.69) is 21.5 Å². The number of benzene rings is 1. The van der Waals surface area contributed by atoms with Crippen LogP contribution in [-0.4, -0.2) is 34.6 Å². The summed E-state index contributed by atoms with van der Waals surface area (Å²) in [6.07, 6.45) is 1.25. The Morgan fingerprint density at radius 3 is 3.06 bits per heavy atom. The second-order valence-corrected chi connectivity index (χ2v) is 5.94. The Hall–Kier alpha value is -0.840. The van der Waals surface area contributed by atoms with Crippen molar-refractivity contribution in [2.45, 2.75) is 13.0 Å². The van der Waals surface area contributed by atoms with Crippen LogP contribution in [-0.2, 0) is 6.54 Å². The number of halogens is 1. The molecule has 0 bridgehead atoms. The van der Waals surface area contributed by atoms with E-state index in [1.165, 1.54) is 13.0 Å². The number of aromatic amines is 1. The third-order valence-corrected chi connectivity index (χ3v) is 4.22. The first kappa shape index (κ1) is 12.2. The molecule has 1 aromatic carbocycles. The predicted octanol–water partition coefficient (Wildman–Crippen LogP) is 3.30. The molecular weight excluding hydrogens is 266 g/mol. The Morgan fingerprint density at radius 2 is 2.33 bits per heavy atom. The number of rotatable bonds is 2. The monoisotopic (exact) mass is 281 g/mol. The highest BCUT2D eigenvalue weighted by atomic mass is 35.5. The van der Waals surface area contributed by atoms with Crippen molar-refractivity contribution in [3.05, 3.63) is 28.0 Å². The summed E-state index contributed by atoms with van der Waals surface area (Å²) in [5.74, 6) is 0.691.